The Morgan fingerprint density at radius 1 is 1.09 bits per heavy atom. The van der Waals surface area contributed by atoms with Gasteiger partial charge in [-0.25, -0.2) is 0 Å². The number of halogens is 1. The van der Waals surface area contributed by atoms with Crippen LogP contribution in [0.1, 0.15) is 17.2 Å². The van der Waals surface area contributed by atoms with E-state index < -0.39 is 11.9 Å². The van der Waals surface area contributed by atoms with E-state index in [0.717, 1.165) is 5.56 Å². The van der Waals surface area contributed by atoms with Crippen LogP contribution in [-0.4, -0.2) is 17.6 Å². The molecular weight excluding hydrogens is 332 g/mol. The molecule has 0 aromatic heterocycles. The Labute approximate surface area is 144 Å². The van der Waals surface area contributed by atoms with E-state index in [1.54, 1.807) is 24.3 Å². The summed E-state index contributed by atoms with van der Waals surface area (Å²) in [7, 11) is 0. The Morgan fingerprint density at radius 2 is 1.74 bits per heavy atom. The van der Waals surface area contributed by atoms with Crippen LogP contribution >= 0.6 is 23.4 Å². The minimum absolute atomic E-state index is 0.224. The largest absolute Gasteiger partial charge is 0.368 e. The summed E-state index contributed by atoms with van der Waals surface area (Å²) in [5.74, 6) is 0.0250. The molecule has 0 aliphatic heterocycles. The fourth-order valence-electron chi connectivity index (χ4n) is 2.04. The molecule has 1 atom stereocenters. The summed E-state index contributed by atoms with van der Waals surface area (Å²) in [6, 6.07) is 15.6. The molecule has 0 unspecified atom stereocenters. The number of rotatable bonds is 7. The van der Waals surface area contributed by atoms with Crippen molar-refractivity contribution in [3.63, 3.8) is 0 Å². The summed E-state index contributed by atoms with van der Waals surface area (Å²) in [4.78, 5) is 23.6. The number of carbonyl (C=O) groups excluding carboxylic acids is 2. The normalized spacial score (nSPS) is 11.7. The van der Waals surface area contributed by atoms with Gasteiger partial charge in [0.05, 0.1) is 5.75 Å². The monoisotopic (exact) mass is 348 g/mol. The van der Waals surface area contributed by atoms with Crippen LogP contribution in [-0.2, 0) is 15.3 Å². The zero-order valence-electron chi connectivity index (χ0n) is 12.4. The number of primary amides is 1. The topological polar surface area (TPSA) is 72.2 Å². The third kappa shape index (κ3) is 5.30. The summed E-state index contributed by atoms with van der Waals surface area (Å²) in [6.45, 7) is 0. The second kappa shape index (κ2) is 8.60. The molecule has 0 saturated carbocycles. The van der Waals surface area contributed by atoms with Gasteiger partial charge in [-0.2, -0.15) is 0 Å². The van der Waals surface area contributed by atoms with Crippen molar-refractivity contribution in [1.29, 1.82) is 0 Å². The first-order valence-electron chi connectivity index (χ1n) is 7.02. The van der Waals surface area contributed by atoms with E-state index in [-0.39, 0.29) is 11.7 Å². The second-order valence-electron chi connectivity index (χ2n) is 4.90. The van der Waals surface area contributed by atoms with Crippen molar-refractivity contribution >= 4 is 35.2 Å². The first kappa shape index (κ1) is 17.4. The van der Waals surface area contributed by atoms with E-state index in [0.29, 0.717) is 16.3 Å². The molecule has 2 aromatic rings. The Kier molecular flexibility index (Phi) is 6.50. The standard InChI is InChI=1S/C17H17ClN2O2S/c18-14-9-5-4-8-13(14)10-23-11-15(21)20-16(17(19)22)12-6-2-1-3-7-12/h1-9,16H,10-11H2,(H2,19,22)(H,20,21)/t16-/m1/s1. The molecule has 0 bridgehead atoms. The van der Waals surface area contributed by atoms with Gasteiger partial charge in [-0.15, -0.1) is 11.8 Å². The van der Waals surface area contributed by atoms with Gasteiger partial charge in [-0.05, 0) is 17.2 Å². The lowest BCUT2D eigenvalue weighted by molar-refractivity contribution is -0.126. The highest BCUT2D eigenvalue weighted by atomic mass is 35.5. The maximum atomic E-state index is 12.0. The molecule has 3 N–H and O–H groups in total. The van der Waals surface area contributed by atoms with E-state index in [1.807, 2.05) is 30.3 Å². The average Bonchev–Trinajstić information content (AvgIpc) is 2.55. The number of thioether (sulfide) groups is 1. The molecule has 2 amide bonds. The van der Waals surface area contributed by atoms with Crippen LogP contribution in [0.2, 0.25) is 5.02 Å². The van der Waals surface area contributed by atoms with Crippen LogP contribution < -0.4 is 11.1 Å². The summed E-state index contributed by atoms with van der Waals surface area (Å²) in [6.07, 6.45) is 0. The zero-order chi connectivity index (χ0) is 16.7. The minimum Gasteiger partial charge on any atom is -0.368 e. The fourth-order valence-corrected chi connectivity index (χ4v) is 3.16. The number of nitrogens with two attached hydrogens (primary N) is 1. The van der Waals surface area contributed by atoms with Gasteiger partial charge in [0, 0.05) is 10.8 Å². The molecular formula is C17H17ClN2O2S. The van der Waals surface area contributed by atoms with Crippen molar-refractivity contribution in [2.45, 2.75) is 11.8 Å². The highest BCUT2D eigenvalue weighted by Crippen LogP contribution is 2.21. The van der Waals surface area contributed by atoms with E-state index in [9.17, 15) is 9.59 Å². The second-order valence-corrected chi connectivity index (χ2v) is 6.29. The van der Waals surface area contributed by atoms with Crippen LogP contribution in [0, 0.1) is 0 Å². The minimum atomic E-state index is -0.815. The highest BCUT2D eigenvalue weighted by Gasteiger charge is 2.19. The maximum Gasteiger partial charge on any atom is 0.244 e. The molecule has 6 heteroatoms. The first-order chi connectivity index (χ1) is 11.1. The molecule has 0 aliphatic carbocycles. The molecule has 0 aliphatic rings. The van der Waals surface area contributed by atoms with Gasteiger partial charge in [-0.3, -0.25) is 9.59 Å². The first-order valence-corrected chi connectivity index (χ1v) is 8.56. The van der Waals surface area contributed by atoms with Crippen molar-refractivity contribution in [1.82, 2.24) is 5.32 Å². The van der Waals surface area contributed by atoms with E-state index in [2.05, 4.69) is 5.32 Å². The summed E-state index contributed by atoms with van der Waals surface area (Å²) < 4.78 is 0. The van der Waals surface area contributed by atoms with Crippen molar-refractivity contribution < 1.29 is 9.59 Å². The fraction of sp³-hybridized carbons (Fsp3) is 0.176. The lowest BCUT2D eigenvalue weighted by Crippen LogP contribution is -2.38. The van der Waals surface area contributed by atoms with Gasteiger partial charge in [0.1, 0.15) is 6.04 Å². The maximum absolute atomic E-state index is 12.0. The third-order valence-corrected chi connectivity index (χ3v) is 4.52. The molecule has 2 aromatic carbocycles. The quantitative estimate of drug-likeness (QED) is 0.808. The summed E-state index contributed by atoms with van der Waals surface area (Å²) >= 11 is 7.50. The van der Waals surface area contributed by atoms with Gasteiger partial charge in [0.25, 0.3) is 0 Å². The number of benzene rings is 2. The summed E-state index contributed by atoms with van der Waals surface area (Å²) in [5, 5.41) is 3.35. The predicted molar refractivity (Wildman–Crippen MR) is 94.1 cm³/mol. The smallest absolute Gasteiger partial charge is 0.244 e. The van der Waals surface area contributed by atoms with Gasteiger partial charge >= 0.3 is 0 Å². The lowest BCUT2D eigenvalue weighted by Gasteiger charge is -2.15. The number of carbonyl (C=O) groups is 2. The highest BCUT2D eigenvalue weighted by molar-refractivity contribution is 7.99. The van der Waals surface area contributed by atoms with Crippen LogP contribution in [0.3, 0.4) is 0 Å². The molecule has 2 rings (SSSR count). The number of nitrogens with one attached hydrogen (secondary N) is 1. The van der Waals surface area contributed by atoms with Gasteiger partial charge < -0.3 is 11.1 Å². The average molecular weight is 349 g/mol. The van der Waals surface area contributed by atoms with Crippen LogP contribution in [0.15, 0.2) is 54.6 Å². The van der Waals surface area contributed by atoms with Gasteiger partial charge in [-0.1, -0.05) is 60.1 Å². The summed E-state index contributed by atoms with van der Waals surface area (Å²) in [5.41, 5.74) is 7.02. The van der Waals surface area contributed by atoms with Crippen molar-refractivity contribution in [3.8, 4) is 0 Å². The molecule has 120 valence electrons. The molecule has 0 saturated heterocycles. The number of hydrogen-bond acceptors (Lipinski definition) is 3. The lowest BCUT2D eigenvalue weighted by atomic mass is 10.1. The van der Waals surface area contributed by atoms with Gasteiger partial charge in [0.2, 0.25) is 11.8 Å². The van der Waals surface area contributed by atoms with Crippen LogP contribution in [0.5, 0.6) is 0 Å². The zero-order valence-corrected chi connectivity index (χ0v) is 13.9. The van der Waals surface area contributed by atoms with E-state index in [1.165, 1.54) is 11.8 Å². The molecule has 4 nitrogen and oxygen atoms in total. The Bertz CT molecular complexity index is 679. The SMILES string of the molecule is NC(=O)[C@H](NC(=O)CSCc1ccccc1Cl)c1ccccc1. The molecule has 0 fully saturated rings. The van der Waals surface area contributed by atoms with E-state index >= 15 is 0 Å². The van der Waals surface area contributed by atoms with Gasteiger partial charge in [0.15, 0.2) is 0 Å². The Morgan fingerprint density at radius 3 is 2.39 bits per heavy atom. The van der Waals surface area contributed by atoms with E-state index in [4.69, 9.17) is 17.3 Å². The predicted octanol–water partition coefficient (Wildman–Crippen LogP) is 2.92. The molecule has 0 heterocycles. The number of amides is 2. The molecule has 0 radical (unpaired) electrons. The van der Waals surface area contributed by atoms with Crippen molar-refractivity contribution in [2.24, 2.45) is 5.73 Å². The van der Waals surface area contributed by atoms with Crippen molar-refractivity contribution in [2.75, 3.05) is 5.75 Å². The van der Waals surface area contributed by atoms with Crippen LogP contribution in [0.25, 0.3) is 0 Å². The van der Waals surface area contributed by atoms with Crippen LogP contribution in [0.4, 0.5) is 0 Å². The Hall–Kier alpha value is -1.98. The Balaban J connectivity index is 1.88. The van der Waals surface area contributed by atoms with Crippen molar-refractivity contribution in [3.05, 3.63) is 70.7 Å². The third-order valence-electron chi connectivity index (χ3n) is 3.17. The molecule has 0 spiro atoms. The molecule has 23 heavy (non-hydrogen) atoms. The number of hydrogen-bond donors (Lipinski definition) is 2.